The van der Waals surface area contributed by atoms with Crippen LogP contribution in [-0.2, 0) is 11.3 Å². The molecule has 2 aromatic carbocycles. The van der Waals surface area contributed by atoms with Crippen LogP contribution in [0.3, 0.4) is 0 Å². The number of nitriles is 1. The zero-order valence-electron chi connectivity index (χ0n) is 16.5. The lowest BCUT2D eigenvalue weighted by molar-refractivity contribution is -0.116. The third-order valence-electron chi connectivity index (χ3n) is 5.04. The Labute approximate surface area is 170 Å². The first kappa shape index (κ1) is 20.8. The van der Waals surface area contributed by atoms with E-state index in [9.17, 15) is 9.18 Å². The number of carbonyl (C=O) groups is 1. The maximum absolute atomic E-state index is 13.8. The monoisotopic (exact) mass is 396 g/mol. The molecule has 0 aliphatic carbocycles. The number of nitrogens with zero attached hydrogens (tertiary/aromatic N) is 3. The van der Waals surface area contributed by atoms with E-state index in [0.29, 0.717) is 30.8 Å². The summed E-state index contributed by atoms with van der Waals surface area (Å²) < 4.78 is 18.8. The first-order chi connectivity index (χ1) is 14.1. The average molecular weight is 396 g/mol. The average Bonchev–Trinajstić information content (AvgIpc) is 2.74. The van der Waals surface area contributed by atoms with Crippen molar-refractivity contribution in [2.24, 2.45) is 0 Å². The van der Waals surface area contributed by atoms with Crippen LogP contribution in [-0.4, -0.2) is 55.5 Å². The van der Waals surface area contributed by atoms with E-state index in [2.05, 4.69) is 21.2 Å². The number of halogens is 1. The molecule has 0 atom stereocenters. The van der Waals surface area contributed by atoms with Gasteiger partial charge < -0.3 is 15.0 Å². The number of hydrogen-bond acceptors (Lipinski definition) is 5. The van der Waals surface area contributed by atoms with Crippen LogP contribution in [0.5, 0.6) is 5.75 Å². The highest BCUT2D eigenvalue weighted by Crippen LogP contribution is 2.19. The third kappa shape index (κ3) is 6.01. The van der Waals surface area contributed by atoms with Crippen molar-refractivity contribution in [3.8, 4) is 11.8 Å². The van der Waals surface area contributed by atoms with Gasteiger partial charge in [0, 0.05) is 51.4 Å². The molecule has 7 heteroatoms. The molecule has 0 bridgehead atoms. The number of piperazine rings is 1. The van der Waals surface area contributed by atoms with E-state index >= 15 is 0 Å². The molecule has 0 spiro atoms. The zero-order chi connectivity index (χ0) is 20.6. The van der Waals surface area contributed by atoms with Gasteiger partial charge in [0.15, 0.2) is 11.6 Å². The van der Waals surface area contributed by atoms with Gasteiger partial charge in [-0.3, -0.25) is 9.69 Å². The Morgan fingerprint density at radius 3 is 2.45 bits per heavy atom. The van der Waals surface area contributed by atoms with Crippen LogP contribution in [0.2, 0.25) is 0 Å². The number of amides is 1. The van der Waals surface area contributed by atoms with Crippen molar-refractivity contribution in [3.63, 3.8) is 0 Å². The molecule has 1 amide bonds. The molecule has 3 rings (SSSR count). The van der Waals surface area contributed by atoms with E-state index in [1.807, 2.05) is 6.07 Å². The second kappa shape index (κ2) is 10.0. The van der Waals surface area contributed by atoms with Gasteiger partial charge in [0.2, 0.25) is 5.91 Å². The fourth-order valence-corrected chi connectivity index (χ4v) is 3.35. The molecule has 6 nitrogen and oxygen atoms in total. The topological polar surface area (TPSA) is 68.6 Å². The van der Waals surface area contributed by atoms with Crippen molar-refractivity contribution in [1.29, 1.82) is 5.26 Å². The lowest BCUT2D eigenvalue weighted by atomic mass is 10.1. The smallest absolute Gasteiger partial charge is 0.225 e. The maximum Gasteiger partial charge on any atom is 0.225 e. The third-order valence-corrected chi connectivity index (χ3v) is 5.04. The molecule has 29 heavy (non-hydrogen) atoms. The van der Waals surface area contributed by atoms with Gasteiger partial charge in [-0.15, -0.1) is 0 Å². The standard InChI is InChI=1S/C22H25FN4O2/c1-29-21-7-4-18(14-20(21)23)16-27-12-10-26(11-13-27)9-8-22(28)25-19-5-2-17(15-24)3-6-19/h2-7,14H,8-13,16H2,1H3,(H,25,28). The van der Waals surface area contributed by atoms with E-state index in [4.69, 9.17) is 10.00 Å². The summed E-state index contributed by atoms with van der Waals surface area (Å²) >= 11 is 0. The van der Waals surface area contributed by atoms with Gasteiger partial charge >= 0.3 is 0 Å². The molecule has 1 aliphatic rings. The quantitative estimate of drug-likeness (QED) is 0.780. The van der Waals surface area contributed by atoms with E-state index in [1.54, 1.807) is 30.3 Å². The van der Waals surface area contributed by atoms with Crippen LogP contribution in [0.4, 0.5) is 10.1 Å². The largest absolute Gasteiger partial charge is 0.494 e. The van der Waals surface area contributed by atoms with Gasteiger partial charge in [-0.2, -0.15) is 5.26 Å². The molecular formula is C22H25FN4O2. The number of benzene rings is 2. The Morgan fingerprint density at radius 2 is 1.83 bits per heavy atom. The Hall–Kier alpha value is -2.95. The van der Waals surface area contributed by atoms with Crippen LogP contribution < -0.4 is 10.1 Å². The summed E-state index contributed by atoms with van der Waals surface area (Å²) in [5, 5.41) is 11.7. The summed E-state index contributed by atoms with van der Waals surface area (Å²) in [4.78, 5) is 16.7. The number of methoxy groups -OCH3 is 1. The lowest BCUT2D eigenvalue weighted by Gasteiger charge is -2.34. The molecule has 0 saturated carbocycles. The van der Waals surface area contributed by atoms with Gasteiger partial charge in [0.25, 0.3) is 0 Å². The SMILES string of the molecule is COc1ccc(CN2CCN(CCC(=O)Nc3ccc(C#N)cc3)CC2)cc1F. The van der Waals surface area contributed by atoms with Crippen molar-refractivity contribution >= 4 is 11.6 Å². The number of ether oxygens (including phenoxy) is 1. The Bertz CT molecular complexity index is 871. The van der Waals surface area contributed by atoms with Crippen molar-refractivity contribution < 1.29 is 13.9 Å². The Kier molecular flexibility index (Phi) is 7.17. The minimum Gasteiger partial charge on any atom is -0.494 e. The summed E-state index contributed by atoms with van der Waals surface area (Å²) in [5.74, 6) is -0.111. The van der Waals surface area contributed by atoms with Crippen molar-refractivity contribution in [2.45, 2.75) is 13.0 Å². The molecule has 2 aromatic rings. The number of nitrogens with one attached hydrogen (secondary N) is 1. The number of anilines is 1. The Balaban J connectivity index is 1.38. The van der Waals surface area contributed by atoms with Crippen LogP contribution in [0, 0.1) is 17.1 Å². The molecule has 1 fully saturated rings. The van der Waals surface area contributed by atoms with Crippen molar-refractivity contribution in [1.82, 2.24) is 9.80 Å². The maximum atomic E-state index is 13.8. The fourth-order valence-electron chi connectivity index (χ4n) is 3.35. The summed E-state index contributed by atoms with van der Waals surface area (Å²) in [5.41, 5.74) is 2.20. The lowest BCUT2D eigenvalue weighted by Crippen LogP contribution is -2.46. The van der Waals surface area contributed by atoms with E-state index < -0.39 is 0 Å². The predicted octanol–water partition coefficient (Wildman–Crippen LogP) is 2.85. The molecule has 152 valence electrons. The Morgan fingerprint density at radius 1 is 1.14 bits per heavy atom. The van der Waals surface area contributed by atoms with E-state index in [1.165, 1.54) is 13.2 Å². The van der Waals surface area contributed by atoms with Crippen LogP contribution in [0.25, 0.3) is 0 Å². The summed E-state index contributed by atoms with van der Waals surface area (Å²) in [6.07, 6.45) is 0.420. The zero-order valence-corrected chi connectivity index (χ0v) is 16.5. The first-order valence-corrected chi connectivity index (χ1v) is 9.64. The second-order valence-corrected chi connectivity index (χ2v) is 7.07. The summed E-state index contributed by atoms with van der Waals surface area (Å²) in [6, 6.07) is 14.0. The normalized spacial score (nSPS) is 14.9. The molecular weight excluding hydrogens is 371 g/mol. The highest BCUT2D eigenvalue weighted by atomic mass is 19.1. The van der Waals surface area contributed by atoms with Gasteiger partial charge in [-0.05, 0) is 42.0 Å². The molecule has 1 saturated heterocycles. The minimum atomic E-state index is -0.336. The highest BCUT2D eigenvalue weighted by Gasteiger charge is 2.18. The summed E-state index contributed by atoms with van der Waals surface area (Å²) in [7, 11) is 1.46. The highest BCUT2D eigenvalue weighted by molar-refractivity contribution is 5.90. The van der Waals surface area contributed by atoms with E-state index in [-0.39, 0.29) is 17.5 Å². The molecule has 0 aromatic heterocycles. The summed E-state index contributed by atoms with van der Waals surface area (Å²) in [6.45, 7) is 4.92. The van der Waals surface area contributed by atoms with Crippen LogP contribution >= 0.6 is 0 Å². The molecule has 0 unspecified atom stereocenters. The fraction of sp³-hybridized carbons (Fsp3) is 0.364. The number of rotatable bonds is 7. The van der Waals surface area contributed by atoms with Gasteiger partial charge in [0.1, 0.15) is 0 Å². The second-order valence-electron chi connectivity index (χ2n) is 7.07. The van der Waals surface area contributed by atoms with Crippen LogP contribution in [0.1, 0.15) is 17.5 Å². The van der Waals surface area contributed by atoms with Crippen molar-refractivity contribution in [3.05, 3.63) is 59.4 Å². The molecule has 0 radical (unpaired) electrons. The molecule has 1 aliphatic heterocycles. The number of hydrogen-bond donors (Lipinski definition) is 1. The van der Waals surface area contributed by atoms with Crippen molar-refractivity contribution in [2.75, 3.05) is 45.2 Å². The molecule has 1 heterocycles. The van der Waals surface area contributed by atoms with E-state index in [0.717, 1.165) is 31.7 Å². The molecule has 1 N–H and O–H groups in total. The van der Waals surface area contributed by atoms with Crippen LogP contribution in [0.15, 0.2) is 42.5 Å². The van der Waals surface area contributed by atoms with Gasteiger partial charge in [-0.1, -0.05) is 6.07 Å². The van der Waals surface area contributed by atoms with Gasteiger partial charge in [0.05, 0.1) is 18.7 Å². The predicted molar refractivity (Wildman–Crippen MR) is 109 cm³/mol. The first-order valence-electron chi connectivity index (χ1n) is 9.64. The number of carbonyl (C=O) groups excluding carboxylic acids is 1. The van der Waals surface area contributed by atoms with Gasteiger partial charge in [-0.25, -0.2) is 4.39 Å². The minimum absolute atomic E-state index is 0.0363.